The van der Waals surface area contributed by atoms with Gasteiger partial charge in [0, 0.05) is 0 Å². The van der Waals surface area contributed by atoms with E-state index in [1.807, 2.05) is 6.07 Å². The second kappa shape index (κ2) is 3.91. The lowest BCUT2D eigenvalue weighted by Gasteiger charge is -2.22. The maximum Gasteiger partial charge on any atom is 0.157 e. The average molecular weight is 192 g/mol. The highest BCUT2D eigenvalue weighted by atomic mass is 16.3. The van der Waals surface area contributed by atoms with Crippen molar-refractivity contribution in [1.29, 1.82) is 0 Å². The molecule has 1 aliphatic carbocycles. The van der Waals surface area contributed by atoms with Crippen LogP contribution in [0, 0.1) is 0 Å². The van der Waals surface area contributed by atoms with Crippen molar-refractivity contribution < 1.29 is 10.2 Å². The molecule has 0 aromatic heterocycles. The summed E-state index contributed by atoms with van der Waals surface area (Å²) in [6, 6.07) is 5.20. The third-order valence-corrected chi connectivity index (χ3v) is 3.08. The molecule has 0 spiro atoms. The van der Waals surface area contributed by atoms with Gasteiger partial charge in [-0.1, -0.05) is 25.3 Å². The van der Waals surface area contributed by atoms with Crippen LogP contribution in [0.3, 0.4) is 0 Å². The van der Waals surface area contributed by atoms with Crippen LogP contribution >= 0.6 is 0 Å². The van der Waals surface area contributed by atoms with Crippen LogP contribution in [0.4, 0.5) is 0 Å². The topological polar surface area (TPSA) is 40.5 Å². The molecular weight excluding hydrogens is 176 g/mol. The number of rotatable bonds is 1. The highest BCUT2D eigenvalue weighted by Gasteiger charge is 2.16. The molecule has 2 heteroatoms. The first-order valence-corrected chi connectivity index (χ1v) is 5.29. The number of hydrogen-bond donors (Lipinski definition) is 2. The Labute approximate surface area is 84.2 Å². The molecule has 2 N–H and O–H groups in total. The van der Waals surface area contributed by atoms with Gasteiger partial charge >= 0.3 is 0 Å². The van der Waals surface area contributed by atoms with Crippen LogP contribution < -0.4 is 0 Å². The molecule has 1 saturated carbocycles. The Balaban J connectivity index is 2.18. The minimum absolute atomic E-state index is 0.00748. The number of hydrogen-bond acceptors (Lipinski definition) is 2. The normalized spacial score (nSPS) is 18.3. The van der Waals surface area contributed by atoms with Crippen molar-refractivity contribution in [2.45, 2.75) is 38.0 Å². The molecule has 2 nitrogen and oxygen atoms in total. The molecule has 0 unspecified atom stereocenters. The van der Waals surface area contributed by atoms with Gasteiger partial charge in [0.25, 0.3) is 0 Å². The van der Waals surface area contributed by atoms with Crippen molar-refractivity contribution in [3.05, 3.63) is 23.8 Å². The van der Waals surface area contributed by atoms with Crippen molar-refractivity contribution in [2.75, 3.05) is 0 Å². The van der Waals surface area contributed by atoms with Crippen LogP contribution in [0.25, 0.3) is 0 Å². The Morgan fingerprint density at radius 1 is 0.929 bits per heavy atom. The Bertz CT molecular complexity index is 314. The van der Waals surface area contributed by atoms with E-state index >= 15 is 0 Å². The summed E-state index contributed by atoms with van der Waals surface area (Å²) in [5.74, 6) is 0.563. The lowest BCUT2D eigenvalue weighted by atomic mass is 9.84. The zero-order chi connectivity index (χ0) is 9.97. The Kier molecular flexibility index (Phi) is 2.62. The van der Waals surface area contributed by atoms with E-state index in [1.165, 1.54) is 37.7 Å². The zero-order valence-electron chi connectivity index (χ0n) is 8.24. The van der Waals surface area contributed by atoms with E-state index in [0.717, 1.165) is 0 Å². The lowest BCUT2D eigenvalue weighted by Crippen LogP contribution is -2.03. The van der Waals surface area contributed by atoms with E-state index in [1.54, 1.807) is 12.1 Å². The van der Waals surface area contributed by atoms with E-state index in [0.29, 0.717) is 5.92 Å². The molecule has 14 heavy (non-hydrogen) atoms. The minimum atomic E-state index is -0.0236. The molecule has 0 radical (unpaired) electrons. The molecule has 1 aromatic carbocycles. The van der Waals surface area contributed by atoms with E-state index in [9.17, 15) is 10.2 Å². The third-order valence-electron chi connectivity index (χ3n) is 3.08. The van der Waals surface area contributed by atoms with Crippen LogP contribution in [-0.4, -0.2) is 10.2 Å². The fourth-order valence-corrected chi connectivity index (χ4v) is 2.23. The highest BCUT2D eigenvalue weighted by molar-refractivity contribution is 5.41. The van der Waals surface area contributed by atoms with Gasteiger partial charge in [-0.15, -0.1) is 0 Å². The number of benzene rings is 1. The molecule has 0 amide bonds. The summed E-state index contributed by atoms with van der Waals surface area (Å²) in [6.07, 6.45) is 6.33. The van der Waals surface area contributed by atoms with Crippen molar-refractivity contribution in [2.24, 2.45) is 0 Å². The predicted octanol–water partition coefficient (Wildman–Crippen LogP) is 3.15. The highest BCUT2D eigenvalue weighted by Crippen LogP contribution is 2.36. The van der Waals surface area contributed by atoms with Crippen molar-refractivity contribution in [3.8, 4) is 11.5 Å². The fraction of sp³-hybridized carbons (Fsp3) is 0.500. The van der Waals surface area contributed by atoms with Crippen LogP contribution in [0.15, 0.2) is 18.2 Å². The predicted molar refractivity (Wildman–Crippen MR) is 55.6 cm³/mol. The fourth-order valence-electron chi connectivity index (χ4n) is 2.23. The van der Waals surface area contributed by atoms with E-state index in [-0.39, 0.29) is 11.5 Å². The maximum absolute atomic E-state index is 9.38. The van der Waals surface area contributed by atoms with Gasteiger partial charge in [0.15, 0.2) is 11.5 Å². The first kappa shape index (κ1) is 9.38. The van der Waals surface area contributed by atoms with E-state index < -0.39 is 0 Å². The first-order chi connectivity index (χ1) is 6.77. The Morgan fingerprint density at radius 2 is 1.64 bits per heavy atom. The summed E-state index contributed by atoms with van der Waals surface area (Å²) in [5, 5.41) is 18.6. The minimum Gasteiger partial charge on any atom is -0.504 e. The van der Waals surface area contributed by atoms with Crippen molar-refractivity contribution in [1.82, 2.24) is 0 Å². The quantitative estimate of drug-likeness (QED) is 0.671. The van der Waals surface area contributed by atoms with Gasteiger partial charge in [-0.3, -0.25) is 0 Å². The molecular formula is C12H16O2. The molecule has 0 heterocycles. The largest absolute Gasteiger partial charge is 0.504 e. The first-order valence-electron chi connectivity index (χ1n) is 5.29. The zero-order valence-corrected chi connectivity index (χ0v) is 8.24. The van der Waals surface area contributed by atoms with Gasteiger partial charge < -0.3 is 10.2 Å². The SMILES string of the molecule is Oc1ccc(C2CCCCC2)cc1O. The molecule has 0 saturated heterocycles. The molecule has 1 aliphatic rings. The second-order valence-corrected chi connectivity index (χ2v) is 4.08. The number of aromatic hydroxyl groups is 2. The summed E-state index contributed by atoms with van der Waals surface area (Å²) >= 11 is 0. The summed E-state index contributed by atoms with van der Waals surface area (Å²) in [6.45, 7) is 0. The van der Waals surface area contributed by atoms with Gasteiger partial charge in [-0.05, 0) is 36.5 Å². The van der Waals surface area contributed by atoms with E-state index in [2.05, 4.69) is 0 Å². The monoisotopic (exact) mass is 192 g/mol. The van der Waals surface area contributed by atoms with Gasteiger partial charge in [0.1, 0.15) is 0 Å². The van der Waals surface area contributed by atoms with Crippen LogP contribution in [0.5, 0.6) is 11.5 Å². The number of phenols is 2. The molecule has 0 bridgehead atoms. The van der Waals surface area contributed by atoms with Gasteiger partial charge in [0.05, 0.1) is 0 Å². The maximum atomic E-state index is 9.38. The lowest BCUT2D eigenvalue weighted by molar-refractivity contribution is 0.399. The summed E-state index contributed by atoms with van der Waals surface area (Å²) in [4.78, 5) is 0. The number of phenolic OH excluding ortho intramolecular Hbond substituents is 2. The molecule has 2 rings (SSSR count). The average Bonchev–Trinajstić information content (AvgIpc) is 2.23. The molecule has 0 aliphatic heterocycles. The van der Waals surface area contributed by atoms with Gasteiger partial charge in [0.2, 0.25) is 0 Å². The second-order valence-electron chi connectivity index (χ2n) is 4.08. The van der Waals surface area contributed by atoms with Crippen LogP contribution in [0.2, 0.25) is 0 Å². The Morgan fingerprint density at radius 3 is 2.29 bits per heavy atom. The van der Waals surface area contributed by atoms with Crippen LogP contribution in [0.1, 0.15) is 43.6 Å². The van der Waals surface area contributed by atoms with Gasteiger partial charge in [-0.2, -0.15) is 0 Å². The Hall–Kier alpha value is -1.18. The molecule has 1 fully saturated rings. The summed E-state index contributed by atoms with van der Waals surface area (Å²) in [5.41, 5.74) is 1.17. The summed E-state index contributed by atoms with van der Waals surface area (Å²) < 4.78 is 0. The van der Waals surface area contributed by atoms with Crippen LogP contribution in [-0.2, 0) is 0 Å². The standard InChI is InChI=1S/C12H16O2/c13-11-7-6-10(8-12(11)14)9-4-2-1-3-5-9/h6-9,13-14H,1-5H2. The molecule has 76 valence electrons. The molecule has 1 aromatic rings. The summed E-state index contributed by atoms with van der Waals surface area (Å²) in [7, 11) is 0. The molecule has 0 atom stereocenters. The van der Waals surface area contributed by atoms with E-state index in [4.69, 9.17) is 0 Å². The third kappa shape index (κ3) is 1.84. The van der Waals surface area contributed by atoms with Crippen molar-refractivity contribution >= 4 is 0 Å². The van der Waals surface area contributed by atoms with Crippen molar-refractivity contribution in [3.63, 3.8) is 0 Å². The van der Waals surface area contributed by atoms with Gasteiger partial charge in [-0.25, -0.2) is 0 Å². The smallest absolute Gasteiger partial charge is 0.157 e.